The summed E-state index contributed by atoms with van der Waals surface area (Å²) >= 11 is 0. The number of carbonyl (C=O) groups is 2. The predicted molar refractivity (Wildman–Crippen MR) is 39.6 cm³/mol. The highest BCUT2D eigenvalue weighted by molar-refractivity contribution is 5.87. The first-order valence-corrected chi connectivity index (χ1v) is 3.73. The number of hydrogen-bond donors (Lipinski definition) is 2. The van der Waals surface area contributed by atoms with Gasteiger partial charge in [-0.15, -0.1) is 0 Å². The second-order valence-corrected chi connectivity index (χ2v) is 2.78. The SMILES string of the molecule is CCC(=O)NC1(C(=O)O)COC1. The van der Waals surface area contributed by atoms with Crippen molar-refractivity contribution in [1.29, 1.82) is 0 Å². The quantitative estimate of drug-likeness (QED) is 0.595. The molecule has 0 bridgehead atoms. The topological polar surface area (TPSA) is 75.6 Å². The normalized spacial score (nSPS) is 19.4. The van der Waals surface area contributed by atoms with Crippen LogP contribution in [0.4, 0.5) is 0 Å². The summed E-state index contributed by atoms with van der Waals surface area (Å²) in [6.45, 7) is 1.80. The lowest BCUT2D eigenvalue weighted by molar-refractivity contribution is -0.168. The Morgan fingerprint density at radius 3 is 2.42 bits per heavy atom. The summed E-state index contributed by atoms with van der Waals surface area (Å²) in [5, 5.41) is 11.1. The molecule has 0 atom stereocenters. The van der Waals surface area contributed by atoms with E-state index in [1.54, 1.807) is 6.92 Å². The molecule has 0 aliphatic carbocycles. The summed E-state index contributed by atoms with van der Waals surface area (Å²) < 4.78 is 4.75. The minimum atomic E-state index is -1.16. The van der Waals surface area contributed by atoms with E-state index >= 15 is 0 Å². The number of hydrogen-bond acceptors (Lipinski definition) is 3. The Labute approximate surface area is 69.7 Å². The molecule has 1 aliphatic heterocycles. The molecular weight excluding hydrogens is 162 g/mol. The molecule has 1 heterocycles. The first-order valence-electron chi connectivity index (χ1n) is 3.73. The van der Waals surface area contributed by atoms with E-state index in [0.29, 0.717) is 0 Å². The van der Waals surface area contributed by atoms with E-state index in [4.69, 9.17) is 9.84 Å². The van der Waals surface area contributed by atoms with Gasteiger partial charge in [0.05, 0.1) is 13.2 Å². The van der Waals surface area contributed by atoms with Gasteiger partial charge in [-0.2, -0.15) is 0 Å². The molecule has 0 aromatic heterocycles. The fraction of sp³-hybridized carbons (Fsp3) is 0.714. The molecule has 1 saturated heterocycles. The number of aliphatic carboxylic acids is 1. The molecule has 0 unspecified atom stereocenters. The molecule has 0 saturated carbocycles. The summed E-state index contributed by atoms with van der Waals surface area (Å²) in [7, 11) is 0. The van der Waals surface area contributed by atoms with E-state index in [1.807, 2.05) is 0 Å². The van der Waals surface area contributed by atoms with Gasteiger partial charge in [0.2, 0.25) is 5.91 Å². The van der Waals surface area contributed by atoms with E-state index in [0.717, 1.165) is 0 Å². The third-order valence-electron chi connectivity index (χ3n) is 1.81. The van der Waals surface area contributed by atoms with Crippen molar-refractivity contribution >= 4 is 11.9 Å². The number of amides is 1. The van der Waals surface area contributed by atoms with Crippen LogP contribution in [0.25, 0.3) is 0 Å². The average Bonchev–Trinajstić information content (AvgIpc) is 1.95. The van der Waals surface area contributed by atoms with Crippen LogP contribution in [-0.4, -0.2) is 35.7 Å². The fourth-order valence-corrected chi connectivity index (χ4v) is 0.911. The first-order chi connectivity index (χ1) is 5.60. The van der Waals surface area contributed by atoms with Crippen LogP contribution < -0.4 is 5.32 Å². The zero-order valence-corrected chi connectivity index (χ0v) is 6.79. The minimum Gasteiger partial charge on any atom is -0.479 e. The van der Waals surface area contributed by atoms with Crippen LogP contribution in [0.1, 0.15) is 13.3 Å². The van der Waals surface area contributed by atoms with Crippen molar-refractivity contribution in [2.75, 3.05) is 13.2 Å². The van der Waals surface area contributed by atoms with Crippen molar-refractivity contribution < 1.29 is 19.4 Å². The van der Waals surface area contributed by atoms with Gasteiger partial charge >= 0.3 is 5.97 Å². The third kappa shape index (κ3) is 1.40. The van der Waals surface area contributed by atoms with Gasteiger partial charge in [-0.25, -0.2) is 4.79 Å². The van der Waals surface area contributed by atoms with Gasteiger partial charge < -0.3 is 15.2 Å². The summed E-state index contributed by atoms with van der Waals surface area (Å²) in [5.74, 6) is -1.30. The van der Waals surface area contributed by atoms with E-state index in [9.17, 15) is 9.59 Å². The number of carboxylic acids is 1. The van der Waals surface area contributed by atoms with Crippen LogP contribution in [0.15, 0.2) is 0 Å². The molecule has 5 nitrogen and oxygen atoms in total. The number of carbonyl (C=O) groups excluding carboxylic acids is 1. The highest BCUT2D eigenvalue weighted by Crippen LogP contribution is 2.16. The van der Waals surface area contributed by atoms with Crippen molar-refractivity contribution in [3.63, 3.8) is 0 Å². The van der Waals surface area contributed by atoms with Gasteiger partial charge in [0.15, 0.2) is 5.54 Å². The van der Waals surface area contributed by atoms with Crippen LogP contribution >= 0.6 is 0 Å². The Kier molecular flexibility index (Phi) is 2.32. The molecule has 1 amide bonds. The fourth-order valence-electron chi connectivity index (χ4n) is 0.911. The van der Waals surface area contributed by atoms with Crippen LogP contribution in [0, 0.1) is 0 Å². The Balaban J connectivity index is 2.56. The lowest BCUT2D eigenvalue weighted by atomic mass is 9.97. The molecule has 1 fully saturated rings. The minimum absolute atomic E-state index is 0.0636. The van der Waals surface area contributed by atoms with Crippen LogP contribution in [-0.2, 0) is 14.3 Å². The molecule has 12 heavy (non-hydrogen) atoms. The second-order valence-electron chi connectivity index (χ2n) is 2.78. The van der Waals surface area contributed by atoms with Crippen molar-refractivity contribution in [3.8, 4) is 0 Å². The summed E-state index contributed by atoms with van der Waals surface area (Å²) in [6, 6.07) is 0. The smallest absolute Gasteiger partial charge is 0.334 e. The number of rotatable bonds is 3. The van der Waals surface area contributed by atoms with Crippen molar-refractivity contribution in [1.82, 2.24) is 5.32 Å². The van der Waals surface area contributed by atoms with Gasteiger partial charge in [-0.3, -0.25) is 4.79 Å². The van der Waals surface area contributed by atoms with Crippen LogP contribution in [0.5, 0.6) is 0 Å². The standard InChI is InChI=1S/C7H11NO4/c1-2-5(9)8-7(6(10)11)3-12-4-7/h2-4H2,1H3,(H,8,9)(H,10,11). The summed E-state index contributed by atoms with van der Waals surface area (Å²) in [6.07, 6.45) is 0.287. The van der Waals surface area contributed by atoms with E-state index in [2.05, 4.69) is 5.32 Å². The Morgan fingerprint density at radius 1 is 1.58 bits per heavy atom. The van der Waals surface area contributed by atoms with Crippen LogP contribution in [0.3, 0.4) is 0 Å². The van der Waals surface area contributed by atoms with Gasteiger partial charge in [0, 0.05) is 6.42 Å². The molecule has 0 spiro atoms. The molecule has 5 heteroatoms. The van der Waals surface area contributed by atoms with Gasteiger partial charge in [-0.05, 0) is 0 Å². The van der Waals surface area contributed by atoms with E-state index in [1.165, 1.54) is 0 Å². The summed E-state index contributed by atoms with van der Waals surface area (Å²) in [5.41, 5.74) is -1.16. The molecule has 1 rings (SSSR count). The Hall–Kier alpha value is -1.10. The Bertz CT molecular complexity index is 209. The summed E-state index contributed by atoms with van der Waals surface area (Å²) in [4.78, 5) is 21.6. The molecule has 1 aliphatic rings. The molecule has 2 N–H and O–H groups in total. The Morgan fingerprint density at radius 2 is 2.17 bits per heavy atom. The molecule has 0 aromatic carbocycles. The lowest BCUT2D eigenvalue weighted by Gasteiger charge is -2.37. The number of nitrogens with one attached hydrogen (secondary N) is 1. The van der Waals surface area contributed by atoms with E-state index < -0.39 is 11.5 Å². The highest BCUT2D eigenvalue weighted by atomic mass is 16.5. The largest absolute Gasteiger partial charge is 0.479 e. The van der Waals surface area contributed by atoms with Crippen molar-refractivity contribution in [2.45, 2.75) is 18.9 Å². The van der Waals surface area contributed by atoms with E-state index in [-0.39, 0.29) is 25.5 Å². The van der Waals surface area contributed by atoms with Crippen molar-refractivity contribution in [2.24, 2.45) is 0 Å². The van der Waals surface area contributed by atoms with Crippen molar-refractivity contribution in [3.05, 3.63) is 0 Å². The average molecular weight is 173 g/mol. The molecule has 68 valence electrons. The maximum atomic E-state index is 10.9. The third-order valence-corrected chi connectivity index (χ3v) is 1.81. The molecular formula is C7H11NO4. The van der Waals surface area contributed by atoms with Gasteiger partial charge in [0.1, 0.15) is 0 Å². The second kappa shape index (κ2) is 3.10. The molecule has 0 aromatic rings. The first kappa shape index (κ1) is 8.99. The zero-order valence-electron chi connectivity index (χ0n) is 6.79. The maximum absolute atomic E-state index is 10.9. The predicted octanol–water partition coefficient (Wildman–Crippen LogP) is -0.634. The monoisotopic (exact) mass is 173 g/mol. The maximum Gasteiger partial charge on any atom is 0.334 e. The van der Waals surface area contributed by atoms with Gasteiger partial charge in [-0.1, -0.05) is 6.92 Å². The van der Waals surface area contributed by atoms with Gasteiger partial charge in [0.25, 0.3) is 0 Å². The lowest BCUT2D eigenvalue weighted by Crippen LogP contribution is -2.67. The van der Waals surface area contributed by atoms with Crippen LogP contribution in [0.2, 0.25) is 0 Å². The molecule has 0 radical (unpaired) electrons. The highest BCUT2D eigenvalue weighted by Gasteiger charge is 2.47. The number of carboxylic acid groups (broad SMARTS) is 1. The number of ether oxygens (including phenoxy) is 1. The zero-order chi connectivity index (χ0) is 9.19.